The predicted octanol–water partition coefficient (Wildman–Crippen LogP) is -1.88. The zero-order valence-corrected chi connectivity index (χ0v) is 21.7. The second-order valence-electron chi connectivity index (χ2n) is 6.71. The van der Waals surface area contributed by atoms with E-state index in [9.17, 15) is 19.2 Å². The third kappa shape index (κ3) is 7.52. The van der Waals surface area contributed by atoms with Gasteiger partial charge in [-0.1, -0.05) is 0 Å². The van der Waals surface area contributed by atoms with E-state index in [0.29, 0.717) is 11.4 Å². The van der Waals surface area contributed by atoms with Gasteiger partial charge in [-0.15, -0.1) is 0 Å². The molecule has 1 aromatic carbocycles. The number of hydrogen-bond donors (Lipinski definition) is 6. The van der Waals surface area contributed by atoms with Crippen LogP contribution < -0.4 is 21.9 Å². The van der Waals surface area contributed by atoms with E-state index >= 15 is 0 Å². The van der Waals surface area contributed by atoms with Gasteiger partial charge >= 0.3 is 51.6 Å². The van der Waals surface area contributed by atoms with Gasteiger partial charge in [-0.3, -0.25) is 14.4 Å². The van der Waals surface area contributed by atoms with Crippen molar-refractivity contribution in [3.63, 3.8) is 0 Å². The van der Waals surface area contributed by atoms with Crippen LogP contribution in [0.25, 0.3) is 11.2 Å². The summed E-state index contributed by atoms with van der Waals surface area (Å²) in [4.78, 5) is 60.5. The summed E-state index contributed by atoms with van der Waals surface area (Å²) in [6, 6.07) is 4.86. The molecule has 0 saturated carbocycles. The molecule has 0 aliphatic carbocycles. The summed E-state index contributed by atoms with van der Waals surface area (Å²) in [6.07, 6.45) is 0.858. The van der Waals surface area contributed by atoms with Crippen LogP contribution in [0.4, 0.5) is 11.6 Å². The number of anilines is 2. The molecule has 0 aliphatic heterocycles. The Balaban J connectivity index is 0.00000289. The number of amides is 1. The minimum absolute atomic E-state index is 0. The van der Waals surface area contributed by atoms with Crippen molar-refractivity contribution in [3.05, 3.63) is 52.1 Å². The number of carbonyl (C=O) groups is 3. The summed E-state index contributed by atoms with van der Waals surface area (Å²) < 4.78 is 0. The van der Waals surface area contributed by atoms with E-state index in [2.05, 4.69) is 30.6 Å². The Labute approximate surface area is 212 Å². The van der Waals surface area contributed by atoms with Crippen LogP contribution in [0, 0.1) is 0 Å². The van der Waals surface area contributed by atoms with Gasteiger partial charge in [-0.2, -0.15) is 4.98 Å². The first kappa shape index (κ1) is 28.5. The molecule has 0 aliphatic rings. The van der Waals surface area contributed by atoms with Crippen molar-refractivity contribution < 1.29 is 24.6 Å². The number of nitrogens with two attached hydrogens (primary N) is 1. The number of fused-ring (bicyclic) bond motifs is 1. The number of benzene rings is 1. The van der Waals surface area contributed by atoms with Crippen molar-refractivity contribution in [2.75, 3.05) is 11.1 Å². The topological polar surface area (TPSA) is 213 Å². The number of aliphatic carboxylic acids is 2. The fourth-order valence-corrected chi connectivity index (χ4v) is 2.76. The Morgan fingerprint density at radius 3 is 2.38 bits per heavy atom. The number of aromatic nitrogens is 4. The first-order valence-corrected chi connectivity index (χ1v) is 9.33. The molecule has 34 heavy (non-hydrogen) atoms. The summed E-state index contributed by atoms with van der Waals surface area (Å²) in [6.45, 7) is 0.231. The molecule has 3 rings (SSSR count). The van der Waals surface area contributed by atoms with E-state index in [-0.39, 0.29) is 76.2 Å². The van der Waals surface area contributed by atoms with Gasteiger partial charge in [0.1, 0.15) is 6.04 Å². The molecule has 0 spiro atoms. The van der Waals surface area contributed by atoms with Gasteiger partial charge in [0, 0.05) is 17.7 Å². The molecule has 3 aromatic rings. The molecule has 0 fully saturated rings. The first-order chi connectivity index (χ1) is 15.2. The molecule has 2 heterocycles. The molecule has 15 heteroatoms. The maximum atomic E-state index is 12.3. The number of aromatic amines is 1. The van der Waals surface area contributed by atoms with Crippen LogP contribution in [0.3, 0.4) is 0 Å². The van der Waals surface area contributed by atoms with Crippen molar-refractivity contribution in [2.24, 2.45) is 0 Å². The molecular weight excluding hydrogens is 580 g/mol. The van der Waals surface area contributed by atoms with E-state index in [4.69, 9.17) is 15.9 Å². The Hall–Kier alpha value is -3.51. The molecular formula is C19H23N7O6Se2. The van der Waals surface area contributed by atoms with Gasteiger partial charge in [0.15, 0.2) is 11.2 Å². The second-order valence-corrected chi connectivity index (χ2v) is 6.71. The molecule has 0 radical (unpaired) electrons. The van der Waals surface area contributed by atoms with Crippen LogP contribution in [-0.4, -0.2) is 88.2 Å². The van der Waals surface area contributed by atoms with Crippen LogP contribution in [-0.2, 0) is 16.1 Å². The molecule has 2 aromatic heterocycles. The van der Waals surface area contributed by atoms with E-state index in [1.54, 1.807) is 12.1 Å². The summed E-state index contributed by atoms with van der Waals surface area (Å²) in [5.74, 6) is -3.16. The summed E-state index contributed by atoms with van der Waals surface area (Å²) in [7, 11) is 0. The summed E-state index contributed by atoms with van der Waals surface area (Å²) in [5, 5.41) is 23.2. The van der Waals surface area contributed by atoms with Gasteiger partial charge in [-0.25, -0.2) is 14.8 Å². The van der Waals surface area contributed by atoms with Gasteiger partial charge in [-0.05, 0) is 30.7 Å². The number of carboxylic acids is 2. The van der Waals surface area contributed by atoms with Crippen molar-refractivity contribution in [2.45, 2.75) is 25.4 Å². The van der Waals surface area contributed by atoms with Crippen LogP contribution in [0.5, 0.6) is 0 Å². The number of H-pyrrole nitrogens is 1. The van der Waals surface area contributed by atoms with Gasteiger partial charge in [0.05, 0.1) is 18.4 Å². The second kappa shape index (κ2) is 12.7. The van der Waals surface area contributed by atoms with Crippen LogP contribution in [0.1, 0.15) is 28.9 Å². The van der Waals surface area contributed by atoms with Crippen molar-refractivity contribution >= 4 is 74.8 Å². The number of rotatable bonds is 9. The number of nitrogens with one attached hydrogen (secondary N) is 3. The standard InChI is InChI=1S/C19H19N7O6.2H2Se/c20-19-25-15-14(17(30)26-19)23-11(8-22-15)7-21-10-3-1-9(2-4-10)16(29)24-12(18(31)32)5-6-13(27)28;;/h1-4,8,12,21H,5-7H2,(H,24,29)(H,27,28)(H,31,32)(H3,20,22,25,26,30);2*1H2/t12-;;/m0../s1. The number of hydrogen-bond acceptors (Lipinski definition) is 9. The Morgan fingerprint density at radius 2 is 1.76 bits per heavy atom. The third-order valence-electron chi connectivity index (χ3n) is 4.36. The Bertz CT molecular complexity index is 1240. The monoisotopic (exact) mass is 605 g/mol. The van der Waals surface area contributed by atoms with E-state index in [1.165, 1.54) is 18.3 Å². The molecule has 1 amide bonds. The van der Waals surface area contributed by atoms with Gasteiger partial charge < -0.3 is 31.6 Å². The molecule has 1 atom stereocenters. The van der Waals surface area contributed by atoms with Gasteiger partial charge in [0.2, 0.25) is 5.95 Å². The molecule has 7 N–H and O–H groups in total. The van der Waals surface area contributed by atoms with Crippen LogP contribution >= 0.6 is 0 Å². The SMILES string of the molecule is Nc1nc(=O)c2nc(CNc3ccc(C(=O)N[C@@H](CCC(=O)O)C(=O)O)cc3)cnc2[nH]1.[SeH2].[SeH2]. The predicted molar refractivity (Wildman–Crippen MR) is 129 cm³/mol. The fourth-order valence-electron chi connectivity index (χ4n) is 2.76. The normalized spacial score (nSPS) is 10.9. The zero-order valence-electron chi connectivity index (χ0n) is 17.5. The number of nitrogens with zero attached hydrogens (tertiary/aromatic N) is 3. The number of nitrogen functional groups attached to an aromatic ring is 1. The summed E-state index contributed by atoms with van der Waals surface area (Å²) in [5.41, 5.74) is 6.47. The van der Waals surface area contributed by atoms with Gasteiger partial charge in [0.25, 0.3) is 5.91 Å². The molecule has 13 nitrogen and oxygen atoms in total. The van der Waals surface area contributed by atoms with Crippen LogP contribution in [0.15, 0.2) is 35.3 Å². The zero-order chi connectivity index (χ0) is 23.3. The molecule has 0 unspecified atom stereocenters. The fraction of sp³-hybridized carbons (Fsp3) is 0.211. The minimum atomic E-state index is -1.31. The average molecular weight is 603 g/mol. The average Bonchev–Trinajstić information content (AvgIpc) is 2.75. The van der Waals surface area contributed by atoms with Crippen molar-refractivity contribution in [3.8, 4) is 0 Å². The van der Waals surface area contributed by atoms with Crippen LogP contribution in [0.2, 0.25) is 0 Å². The summed E-state index contributed by atoms with van der Waals surface area (Å²) >= 11 is 0. The quantitative estimate of drug-likeness (QED) is 0.149. The van der Waals surface area contributed by atoms with E-state index in [1.807, 2.05) is 0 Å². The molecule has 0 saturated heterocycles. The number of carboxylic acid groups (broad SMARTS) is 2. The van der Waals surface area contributed by atoms with E-state index in [0.717, 1.165) is 0 Å². The molecule has 0 bridgehead atoms. The maximum absolute atomic E-state index is 12.3. The third-order valence-corrected chi connectivity index (χ3v) is 4.36. The molecule has 182 valence electrons. The Kier molecular flexibility index (Phi) is 10.6. The first-order valence-electron chi connectivity index (χ1n) is 9.33. The van der Waals surface area contributed by atoms with Crippen molar-refractivity contribution in [1.82, 2.24) is 25.3 Å². The number of carbonyl (C=O) groups excluding carboxylic acids is 1. The van der Waals surface area contributed by atoms with E-state index < -0.39 is 29.4 Å². The Morgan fingerprint density at radius 1 is 1.09 bits per heavy atom. The van der Waals surface area contributed by atoms with Crippen molar-refractivity contribution in [1.29, 1.82) is 0 Å².